The van der Waals surface area contributed by atoms with Crippen LogP contribution in [0.25, 0.3) is 0 Å². The highest BCUT2D eigenvalue weighted by atomic mass is 79.9. The molecule has 2 aromatic rings. The number of aryl methyl sites for hydroxylation is 2. The Kier molecular flexibility index (Phi) is 4.25. The van der Waals surface area contributed by atoms with Crippen LogP contribution >= 0.6 is 15.9 Å². The van der Waals surface area contributed by atoms with Gasteiger partial charge in [-0.25, -0.2) is 4.39 Å². The third-order valence-corrected chi connectivity index (χ3v) is 3.68. The van der Waals surface area contributed by atoms with Crippen LogP contribution in [0.5, 0.6) is 0 Å². The molecule has 0 heterocycles. The van der Waals surface area contributed by atoms with E-state index >= 15 is 0 Å². The largest absolute Gasteiger partial charge is 0.378 e. The summed E-state index contributed by atoms with van der Waals surface area (Å²) in [6.45, 7) is 6.08. The van der Waals surface area contributed by atoms with Crippen molar-refractivity contribution in [3.63, 3.8) is 0 Å². The molecule has 1 unspecified atom stereocenters. The molecular weight excluding hydrogens is 305 g/mol. The van der Waals surface area contributed by atoms with Gasteiger partial charge in [-0.3, -0.25) is 0 Å². The van der Waals surface area contributed by atoms with E-state index in [0.717, 1.165) is 10.2 Å². The second-order valence-electron chi connectivity index (χ2n) is 4.85. The number of benzene rings is 2. The number of halogens is 2. The minimum atomic E-state index is -0.195. The Bertz CT molecular complexity index is 595. The first-order chi connectivity index (χ1) is 8.97. The molecule has 0 radical (unpaired) electrons. The van der Waals surface area contributed by atoms with Crippen molar-refractivity contribution in [2.75, 3.05) is 5.32 Å². The van der Waals surface area contributed by atoms with Gasteiger partial charge in [-0.2, -0.15) is 0 Å². The van der Waals surface area contributed by atoms with Gasteiger partial charge in [-0.05, 0) is 44.5 Å². The van der Waals surface area contributed by atoms with Crippen LogP contribution in [0, 0.1) is 19.7 Å². The van der Waals surface area contributed by atoms with Crippen molar-refractivity contribution in [3.05, 3.63) is 63.4 Å². The van der Waals surface area contributed by atoms with Crippen molar-refractivity contribution < 1.29 is 4.39 Å². The summed E-state index contributed by atoms with van der Waals surface area (Å²) in [4.78, 5) is 0. The fourth-order valence-electron chi connectivity index (χ4n) is 2.14. The van der Waals surface area contributed by atoms with E-state index in [4.69, 9.17) is 0 Å². The average molecular weight is 322 g/mol. The van der Waals surface area contributed by atoms with Crippen LogP contribution in [-0.4, -0.2) is 0 Å². The Hall–Kier alpha value is -1.35. The lowest BCUT2D eigenvalue weighted by atomic mass is 10.1. The molecule has 0 bridgehead atoms. The lowest BCUT2D eigenvalue weighted by molar-refractivity contribution is 0.599. The van der Waals surface area contributed by atoms with Crippen LogP contribution in [0.4, 0.5) is 10.1 Å². The Morgan fingerprint density at radius 3 is 2.47 bits per heavy atom. The zero-order chi connectivity index (χ0) is 14.0. The lowest BCUT2D eigenvalue weighted by Gasteiger charge is -2.18. The number of hydrogen-bond donors (Lipinski definition) is 1. The summed E-state index contributed by atoms with van der Waals surface area (Å²) < 4.78 is 14.7. The number of rotatable bonds is 3. The molecule has 0 aromatic heterocycles. The van der Waals surface area contributed by atoms with Crippen LogP contribution in [-0.2, 0) is 0 Å². The maximum atomic E-state index is 13.9. The fourth-order valence-corrected chi connectivity index (χ4v) is 2.47. The van der Waals surface area contributed by atoms with E-state index in [0.29, 0.717) is 5.56 Å². The van der Waals surface area contributed by atoms with E-state index in [9.17, 15) is 4.39 Å². The summed E-state index contributed by atoms with van der Waals surface area (Å²) in [6, 6.07) is 11.3. The molecule has 0 saturated heterocycles. The van der Waals surface area contributed by atoms with Crippen molar-refractivity contribution in [1.82, 2.24) is 0 Å². The molecule has 0 saturated carbocycles. The molecule has 0 aliphatic heterocycles. The normalized spacial score (nSPS) is 12.3. The SMILES string of the molecule is Cc1ccc(NC(C)c2ccc(Br)cc2F)c(C)c1. The van der Waals surface area contributed by atoms with Crippen molar-refractivity contribution in [1.29, 1.82) is 0 Å². The molecule has 1 N–H and O–H groups in total. The molecule has 100 valence electrons. The molecule has 0 aliphatic carbocycles. The fraction of sp³-hybridized carbons (Fsp3) is 0.250. The second-order valence-corrected chi connectivity index (χ2v) is 5.77. The molecule has 1 atom stereocenters. The van der Waals surface area contributed by atoms with Gasteiger partial charge in [0.05, 0.1) is 6.04 Å². The molecule has 3 heteroatoms. The van der Waals surface area contributed by atoms with E-state index in [-0.39, 0.29) is 11.9 Å². The average Bonchev–Trinajstić information content (AvgIpc) is 2.32. The van der Waals surface area contributed by atoms with Gasteiger partial charge < -0.3 is 5.32 Å². The van der Waals surface area contributed by atoms with Gasteiger partial charge in [0, 0.05) is 15.7 Å². The standard InChI is InChI=1S/C16H17BrFN/c1-10-4-7-16(11(2)8-10)19-12(3)14-6-5-13(17)9-15(14)18/h4-9,12,19H,1-3H3. The predicted octanol–water partition coefficient (Wildman–Crippen LogP) is 5.38. The minimum Gasteiger partial charge on any atom is -0.378 e. The monoisotopic (exact) mass is 321 g/mol. The summed E-state index contributed by atoms with van der Waals surface area (Å²) in [5.74, 6) is -0.195. The quantitative estimate of drug-likeness (QED) is 0.800. The molecular formula is C16H17BrFN. The maximum absolute atomic E-state index is 13.9. The van der Waals surface area contributed by atoms with Gasteiger partial charge in [0.2, 0.25) is 0 Å². The van der Waals surface area contributed by atoms with E-state index < -0.39 is 0 Å². The van der Waals surface area contributed by atoms with Crippen LogP contribution < -0.4 is 5.32 Å². The van der Waals surface area contributed by atoms with E-state index in [1.54, 1.807) is 6.07 Å². The Labute approximate surface area is 122 Å². The van der Waals surface area contributed by atoms with Gasteiger partial charge in [0.1, 0.15) is 5.82 Å². The molecule has 1 nitrogen and oxygen atoms in total. The van der Waals surface area contributed by atoms with Gasteiger partial charge in [-0.1, -0.05) is 39.7 Å². The predicted molar refractivity (Wildman–Crippen MR) is 82.1 cm³/mol. The van der Waals surface area contributed by atoms with Gasteiger partial charge in [-0.15, -0.1) is 0 Å². The first-order valence-electron chi connectivity index (χ1n) is 6.26. The molecule has 0 fully saturated rings. The summed E-state index contributed by atoms with van der Waals surface area (Å²) in [5, 5.41) is 3.36. The molecule has 0 amide bonds. The van der Waals surface area contributed by atoms with Crippen LogP contribution in [0.2, 0.25) is 0 Å². The minimum absolute atomic E-state index is 0.0745. The maximum Gasteiger partial charge on any atom is 0.129 e. The van der Waals surface area contributed by atoms with Crippen LogP contribution in [0.1, 0.15) is 29.7 Å². The molecule has 0 aliphatic rings. The molecule has 2 aromatic carbocycles. The molecule has 19 heavy (non-hydrogen) atoms. The van der Waals surface area contributed by atoms with Gasteiger partial charge >= 0.3 is 0 Å². The third-order valence-electron chi connectivity index (χ3n) is 3.18. The Morgan fingerprint density at radius 2 is 1.84 bits per heavy atom. The smallest absolute Gasteiger partial charge is 0.129 e. The zero-order valence-corrected chi connectivity index (χ0v) is 12.9. The molecule has 2 rings (SSSR count). The van der Waals surface area contributed by atoms with Crippen LogP contribution in [0.15, 0.2) is 40.9 Å². The Morgan fingerprint density at radius 1 is 1.11 bits per heavy atom. The van der Waals surface area contributed by atoms with Crippen LogP contribution in [0.3, 0.4) is 0 Å². The van der Waals surface area contributed by atoms with E-state index in [2.05, 4.69) is 47.2 Å². The topological polar surface area (TPSA) is 12.0 Å². The number of nitrogens with one attached hydrogen (secondary N) is 1. The van der Waals surface area contributed by atoms with Crippen molar-refractivity contribution in [2.45, 2.75) is 26.8 Å². The highest BCUT2D eigenvalue weighted by molar-refractivity contribution is 9.10. The van der Waals surface area contributed by atoms with Crippen molar-refractivity contribution in [3.8, 4) is 0 Å². The number of anilines is 1. The van der Waals surface area contributed by atoms with Gasteiger partial charge in [0.15, 0.2) is 0 Å². The van der Waals surface area contributed by atoms with Crippen molar-refractivity contribution >= 4 is 21.6 Å². The zero-order valence-electron chi connectivity index (χ0n) is 11.3. The summed E-state index contributed by atoms with van der Waals surface area (Å²) >= 11 is 3.27. The van der Waals surface area contributed by atoms with E-state index in [1.165, 1.54) is 17.2 Å². The molecule has 0 spiro atoms. The summed E-state index contributed by atoms with van der Waals surface area (Å²) in [5.41, 5.74) is 4.11. The van der Waals surface area contributed by atoms with Crippen molar-refractivity contribution in [2.24, 2.45) is 0 Å². The summed E-state index contributed by atoms with van der Waals surface area (Å²) in [7, 11) is 0. The van der Waals surface area contributed by atoms with E-state index in [1.807, 2.05) is 19.1 Å². The first-order valence-corrected chi connectivity index (χ1v) is 7.05. The summed E-state index contributed by atoms with van der Waals surface area (Å²) in [6.07, 6.45) is 0. The lowest BCUT2D eigenvalue weighted by Crippen LogP contribution is -2.09. The second kappa shape index (κ2) is 5.74. The Balaban J connectivity index is 2.23. The third kappa shape index (κ3) is 3.35. The van der Waals surface area contributed by atoms with Gasteiger partial charge in [0.25, 0.3) is 0 Å². The highest BCUT2D eigenvalue weighted by Gasteiger charge is 2.12. The highest BCUT2D eigenvalue weighted by Crippen LogP contribution is 2.26. The number of hydrogen-bond acceptors (Lipinski definition) is 1. The first kappa shape index (κ1) is 14.1.